The van der Waals surface area contributed by atoms with Gasteiger partial charge in [-0.15, -0.1) is 0 Å². The molecule has 1 aliphatic heterocycles. The second kappa shape index (κ2) is 7.07. The summed E-state index contributed by atoms with van der Waals surface area (Å²) in [7, 11) is 1.89. The summed E-state index contributed by atoms with van der Waals surface area (Å²) in [5, 5.41) is 6.54. The van der Waals surface area contributed by atoms with Crippen LogP contribution in [0.15, 0.2) is 54.9 Å². The summed E-state index contributed by atoms with van der Waals surface area (Å²) in [6.45, 7) is 0. The van der Waals surface area contributed by atoms with Crippen LogP contribution in [0.3, 0.4) is 0 Å². The average molecular weight is 422 g/mol. The second-order valence-electron chi connectivity index (χ2n) is 7.40. The van der Waals surface area contributed by atoms with Gasteiger partial charge in [0.05, 0.1) is 34.2 Å². The number of carbonyl (C=O) groups excluding carboxylic acids is 1. The summed E-state index contributed by atoms with van der Waals surface area (Å²) in [4.78, 5) is 24.5. The molecule has 1 saturated heterocycles. The van der Waals surface area contributed by atoms with Crippen molar-refractivity contribution >= 4 is 52.0 Å². The quantitative estimate of drug-likeness (QED) is 0.421. The van der Waals surface area contributed by atoms with Crippen LogP contribution in [0.2, 0.25) is 5.02 Å². The van der Waals surface area contributed by atoms with E-state index in [0.717, 1.165) is 17.8 Å². The SMILES string of the molecule is CN(c1ccc(NC(=O)N2C3CC32)c(Cl)c1)c1cc(Nc2ccccc2N)ncn1. The Kier molecular flexibility index (Phi) is 4.36. The summed E-state index contributed by atoms with van der Waals surface area (Å²) in [6, 6.07) is 15.6. The molecular weight excluding hydrogens is 402 g/mol. The molecule has 2 fully saturated rings. The van der Waals surface area contributed by atoms with Crippen molar-refractivity contribution in [1.82, 2.24) is 14.9 Å². The lowest BCUT2D eigenvalue weighted by Crippen LogP contribution is -2.25. The molecule has 0 spiro atoms. The molecule has 30 heavy (non-hydrogen) atoms. The predicted molar refractivity (Wildman–Crippen MR) is 119 cm³/mol. The molecule has 2 unspecified atom stereocenters. The number of nitrogens with two attached hydrogens (primary N) is 1. The Morgan fingerprint density at radius 3 is 2.67 bits per heavy atom. The highest BCUT2D eigenvalue weighted by Crippen LogP contribution is 2.50. The van der Waals surface area contributed by atoms with E-state index < -0.39 is 0 Å². The van der Waals surface area contributed by atoms with Crippen LogP contribution in [0.25, 0.3) is 0 Å². The second-order valence-corrected chi connectivity index (χ2v) is 7.81. The number of benzene rings is 2. The van der Waals surface area contributed by atoms with Crippen LogP contribution in [-0.4, -0.2) is 40.0 Å². The summed E-state index contributed by atoms with van der Waals surface area (Å²) < 4.78 is 0. The van der Waals surface area contributed by atoms with Crippen molar-refractivity contribution in [3.63, 3.8) is 0 Å². The van der Waals surface area contributed by atoms with E-state index in [2.05, 4.69) is 20.6 Å². The summed E-state index contributed by atoms with van der Waals surface area (Å²) in [6.07, 6.45) is 2.61. The number of nitrogens with one attached hydrogen (secondary N) is 2. The van der Waals surface area contributed by atoms with Crippen LogP contribution in [0.4, 0.5) is 39.2 Å². The first-order chi connectivity index (χ1) is 14.5. The number of hydrogen-bond acceptors (Lipinski definition) is 6. The Morgan fingerprint density at radius 2 is 1.97 bits per heavy atom. The van der Waals surface area contributed by atoms with Gasteiger partial charge in [0.25, 0.3) is 0 Å². The van der Waals surface area contributed by atoms with Gasteiger partial charge in [0.1, 0.15) is 18.0 Å². The fourth-order valence-corrected chi connectivity index (χ4v) is 3.59. The lowest BCUT2D eigenvalue weighted by molar-refractivity contribution is 0.232. The minimum atomic E-state index is -0.0917. The van der Waals surface area contributed by atoms with Gasteiger partial charge in [-0.25, -0.2) is 14.8 Å². The smallest absolute Gasteiger partial charge is 0.322 e. The van der Waals surface area contributed by atoms with E-state index in [1.165, 1.54) is 6.33 Å². The molecule has 1 aromatic heterocycles. The fourth-order valence-electron chi connectivity index (χ4n) is 3.37. The number of hydrogen-bond donors (Lipinski definition) is 3. The zero-order valence-corrected chi connectivity index (χ0v) is 17.0. The van der Waals surface area contributed by atoms with Gasteiger partial charge in [-0.3, -0.25) is 0 Å². The maximum atomic E-state index is 12.1. The number of nitrogen functional groups attached to an aromatic ring is 1. The predicted octanol–water partition coefficient (Wildman–Crippen LogP) is 4.21. The Hall–Kier alpha value is -3.52. The number of aromatic nitrogens is 2. The third kappa shape index (κ3) is 3.46. The van der Waals surface area contributed by atoms with E-state index in [1.54, 1.807) is 12.1 Å². The molecule has 3 aromatic rings. The van der Waals surface area contributed by atoms with E-state index in [1.807, 2.05) is 53.2 Å². The van der Waals surface area contributed by atoms with Gasteiger partial charge < -0.3 is 26.2 Å². The number of urea groups is 1. The third-order valence-corrected chi connectivity index (χ3v) is 5.70. The summed E-state index contributed by atoms with van der Waals surface area (Å²) >= 11 is 6.41. The van der Waals surface area contributed by atoms with Gasteiger partial charge in [0, 0.05) is 18.8 Å². The molecule has 2 amide bonds. The van der Waals surface area contributed by atoms with Crippen molar-refractivity contribution in [1.29, 1.82) is 0 Å². The molecule has 9 heteroatoms. The van der Waals surface area contributed by atoms with E-state index in [4.69, 9.17) is 17.3 Å². The van der Waals surface area contributed by atoms with Crippen LogP contribution in [-0.2, 0) is 0 Å². The number of halogens is 1. The molecule has 1 saturated carbocycles. The van der Waals surface area contributed by atoms with Crippen LogP contribution < -0.4 is 21.3 Å². The molecular formula is C21H20ClN7O. The molecule has 4 N–H and O–H groups in total. The fraction of sp³-hybridized carbons (Fsp3) is 0.190. The van der Waals surface area contributed by atoms with Crippen LogP contribution in [0.5, 0.6) is 0 Å². The van der Waals surface area contributed by atoms with Crippen LogP contribution in [0.1, 0.15) is 6.42 Å². The number of rotatable bonds is 5. The average Bonchev–Trinajstić information content (AvgIpc) is 3.64. The molecule has 1 aliphatic carbocycles. The Bertz CT molecular complexity index is 1130. The molecule has 8 nitrogen and oxygen atoms in total. The first kappa shape index (κ1) is 18.5. The normalized spacial score (nSPS) is 18.4. The summed E-state index contributed by atoms with van der Waals surface area (Å²) in [5.74, 6) is 1.30. The molecule has 2 atom stereocenters. The van der Waals surface area contributed by atoms with Gasteiger partial charge in [-0.2, -0.15) is 0 Å². The molecule has 0 radical (unpaired) electrons. The maximum absolute atomic E-state index is 12.1. The largest absolute Gasteiger partial charge is 0.397 e. The van der Waals surface area contributed by atoms with Gasteiger partial charge in [-0.1, -0.05) is 23.7 Å². The topological polar surface area (TPSA) is 99.2 Å². The number of carbonyl (C=O) groups is 1. The van der Waals surface area contributed by atoms with E-state index in [9.17, 15) is 4.79 Å². The van der Waals surface area contributed by atoms with E-state index >= 15 is 0 Å². The number of likely N-dealkylation sites (tertiary alicyclic amines) is 1. The summed E-state index contributed by atoms with van der Waals surface area (Å²) in [5.41, 5.74) is 8.82. The zero-order chi connectivity index (χ0) is 20.8. The minimum absolute atomic E-state index is 0.0917. The maximum Gasteiger partial charge on any atom is 0.322 e. The third-order valence-electron chi connectivity index (χ3n) is 5.38. The van der Waals surface area contributed by atoms with Gasteiger partial charge in [0.2, 0.25) is 0 Å². The van der Waals surface area contributed by atoms with Crippen molar-refractivity contribution in [2.24, 2.45) is 0 Å². The Labute approximate surface area is 178 Å². The van der Waals surface area contributed by atoms with Gasteiger partial charge in [0.15, 0.2) is 0 Å². The van der Waals surface area contributed by atoms with Crippen LogP contribution >= 0.6 is 11.6 Å². The van der Waals surface area contributed by atoms with E-state index in [0.29, 0.717) is 40.1 Å². The standard InChI is InChI=1S/C21H20ClN7O/c1-28(20-10-19(24-11-25-20)26-16-5-3-2-4-14(16)23)12-6-7-15(13(22)8-12)27-21(30)29-17-9-18(17)29/h2-8,10-11,17-18H,9,23H2,1H3,(H,27,30)(H,24,25,26). The first-order valence-electron chi connectivity index (χ1n) is 9.57. The van der Waals surface area contributed by atoms with Gasteiger partial charge >= 0.3 is 6.03 Å². The molecule has 0 bridgehead atoms. The highest BCUT2D eigenvalue weighted by Gasteiger charge is 2.65. The number of nitrogens with zero attached hydrogens (tertiary/aromatic N) is 4. The van der Waals surface area contributed by atoms with Crippen molar-refractivity contribution in [3.05, 3.63) is 59.9 Å². The molecule has 152 valence electrons. The molecule has 2 aliphatic rings. The molecule has 2 aromatic carbocycles. The van der Waals surface area contributed by atoms with Crippen LogP contribution in [0, 0.1) is 0 Å². The molecule has 2 heterocycles. The Balaban J connectivity index is 1.31. The number of fused-ring (bicyclic) bond motifs is 1. The highest BCUT2D eigenvalue weighted by molar-refractivity contribution is 6.34. The molecule has 5 rings (SSSR count). The van der Waals surface area contributed by atoms with Gasteiger partial charge in [-0.05, 0) is 36.8 Å². The van der Waals surface area contributed by atoms with Crippen molar-refractivity contribution in [2.75, 3.05) is 28.3 Å². The lowest BCUT2D eigenvalue weighted by atomic mass is 10.2. The Morgan fingerprint density at radius 1 is 1.17 bits per heavy atom. The highest BCUT2D eigenvalue weighted by atomic mass is 35.5. The zero-order valence-electron chi connectivity index (χ0n) is 16.2. The lowest BCUT2D eigenvalue weighted by Gasteiger charge is -2.20. The van der Waals surface area contributed by atoms with Crippen molar-refractivity contribution in [2.45, 2.75) is 18.5 Å². The number of anilines is 6. The monoisotopic (exact) mass is 421 g/mol. The first-order valence-corrected chi connectivity index (χ1v) is 9.95. The number of para-hydroxylation sites is 2. The van der Waals surface area contributed by atoms with Crippen molar-refractivity contribution in [3.8, 4) is 0 Å². The van der Waals surface area contributed by atoms with E-state index in [-0.39, 0.29) is 6.03 Å². The minimum Gasteiger partial charge on any atom is -0.397 e. The van der Waals surface area contributed by atoms with Crippen molar-refractivity contribution < 1.29 is 4.79 Å². The number of amides is 2.